The van der Waals surface area contributed by atoms with Crippen molar-refractivity contribution in [3.63, 3.8) is 0 Å². The van der Waals surface area contributed by atoms with Gasteiger partial charge in [0.05, 0.1) is 0 Å². The van der Waals surface area contributed by atoms with Crippen LogP contribution >= 0.6 is 0 Å². The van der Waals surface area contributed by atoms with Crippen LogP contribution in [0.1, 0.15) is 32.8 Å². The van der Waals surface area contributed by atoms with Gasteiger partial charge in [-0.3, -0.25) is 0 Å². The molecule has 0 spiro atoms. The molecule has 0 atom stereocenters. The van der Waals surface area contributed by atoms with Crippen molar-refractivity contribution >= 4 is 31.0 Å². The molecule has 0 fully saturated rings. The van der Waals surface area contributed by atoms with E-state index in [2.05, 4.69) is 64.6 Å². The topological polar surface area (TPSA) is 0 Å². The van der Waals surface area contributed by atoms with Crippen LogP contribution in [-0.2, 0) is 0 Å². The Labute approximate surface area is 125 Å². The third kappa shape index (κ3) is 4.47. The quantitative estimate of drug-likeness (QED) is 0.480. The van der Waals surface area contributed by atoms with E-state index in [-0.39, 0.29) is 0 Å². The van der Waals surface area contributed by atoms with Gasteiger partial charge in [0.1, 0.15) is 0 Å². The molecule has 1 aromatic carbocycles. The first-order valence-corrected chi connectivity index (χ1v) is 21.3. The van der Waals surface area contributed by atoms with Crippen molar-refractivity contribution in [3.8, 4) is 0 Å². The van der Waals surface area contributed by atoms with Crippen molar-refractivity contribution in [3.05, 3.63) is 41.4 Å². The molecule has 0 heterocycles. The number of benzene rings is 1. The first-order chi connectivity index (χ1) is 8.95. The molecule has 0 aliphatic heterocycles. The van der Waals surface area contributed by atoms with Gasteiger partial charge < -0.3 is 0 Å². The van der Waals surface area contributed by atoms with Gasteiger partial charge in [-0.15, -0.1) is 0 Å². The van der Waals surface area contributed by atoms with Crippen LogP contribution in [0.2, 0.25) is 26.1 Å². The monoisotopic (exact) mass is 452 g/mol. The van der Waals surface area contributed by atoms with Gasteiger partial charge in [-0.2, -0.15) is 0 Å². The van der Waals surface area contributed by atoms with Crippen LogP contribution in [-0.4, -0.2) is 27.9 Å². The molecular weight excluding hydrogens is 422 g/mol. The zero-order valence-electron chi connectivity index (χ0n) is 13.6. The van der Waals surface area contributed by atoms with Crippen LogP contribution in [0, 0.1) is 0 Å². The molecule has 0 bridgehead atoms. The average Bonchev–Trinajstić information content (AvgIpc) is 2.38. The van der Waals surface area contributed by atoms with Gasteiger partial charge in [-0.05, 0) is 0 Å². The summed E-state index contributed by atoms with van der Waals surface area (Å²) in [6, 6.07) is 11.1. The van der Waals surface area contributed by atoms with Crippen LogP contribution in [0.3, 0.4) is 0 Å². The Hall–Kier alpha value is -0.0530. The molecule has 0 aliphatic rings. The van der Waals surface area contributed by atoms with E-state index in [1.54, 1.807) is 8.60 Å². The van der Waals surface area contributed by atoms with E-state index in [0.29, 0.717) is 0 Å². The fourth-order valence-electron chi connectivity index (χ4n) is 3.16. The molecule has 19 heavy (non-hydrogen) atoms. The predicted molar refractivity (Wildman–Crippen MR) is 93.7 cm³/mol. The summed E-state index contributed by atoms with van der Waals surface area (Å²) >= 11 is -2.25. The van der Waals surface area contributed by atoms with E-state index >= 15 is 0 Å². The standard InChI is InChI=1S/C14H20B.3CH3.Pb/c1-4-14(15(5-2)6-3)12-13-10-8-7-9-11-13;;;;/h7-11H,4-6H2,1-3H3;3*1H3;. The van der Waals surface area contributed by atoms with Crippen molar-refractivity contribution in [1.82, 2.24) is 0 Å². The summed E-state index contributed by atoms with van der Waals surface area (Å²) in [6.07, 6.45) is 3.77. The van der Waals surface area contributed by atoms with Crippen molar-refractivity contribution in [2.24, 2.45) is 0 Å². The molecule has 2 heteroatoms. The molecule has 0 amide bonds. The Balaban J connectivity index is 3.45. The molecule has 104 valence electrons. The van der Waals surface area contributed by atoms with E-state index in [1.807, 2.05) is 0 Å². The molecule has 0 saturated heterocycles. The van der Waals surface area contributed by atoms with Gasteiger partial charge in [0.2, 0.25) is 0 Å². The zero-order chi connectivity index (χ0) is 14.5. The molecular formula is C17H29BPb. The molecule has 1 aromatic rings. The zero-order valence-corrected chi connectivity index (χ0v) is 17.5. The van der Waals surface area contributed by atoms with E-state index in [0.717, 1.165) is 6.71 Å². The SMILES string of the molecule is CCB(CC)/C(CC)=[C](/c1ccccc1)[Pb]([CH3])([CH3])[CH3]. The van der Waals surface area contributed by atoms with Gasteiger partial charge in [0.15, 0.2) is 0 Å². The molecule has 0 saturated carbocycles. The van der Waals surface area contributed by atoms with Gasteiger partial charge >= 0.3 is 126 Å². The first-order valence-electron chi connectivity index (χ1n) is 7.74. The maximum atomic E-state index is 2.56. The van der Waals surface area contributed by atoms with Crippen LogP contribution in [0.4, 0.5) is 0 Å². The summed E-state index contributed by atoms with van der Waals surface area (Å²) in [6.45, 7) is 7.80. The van der Waals surface area contributed by atoms with Crippen molar-refractivity contribution in [1.29, 1.82) is 0 Å². The molecule has 0 N–H and O–H groups in total. The summed E-state index contributed by atoms with van der Waals surface area (Å²) in [7, 11) is 0. The minimum atomic E-state index is -2.25. The van der Waals surface area contributed by atoms with Crippen molar-refractivity contribution in [2.45, 2.75) is 53.3 Å². The van der Waals surface area contributed by atoms with Gasteiger partial charge in [-0.25, -0.2) is 0 Å². The summed E-state index contributed by atoms with van der Waals surface area (Å²) in [5.41, 5.74) is 3.26. The number of allylic oxidation sites excluding steroid dienone is 1. The second kappa shape index (κ2) is 7.66. The number of rotatable bonds is 6. The second-order valence-corrected chi connectivity index (χ2v) is 25.8. The minimum absolute atomic E-state index is 0.777. The molecule has 0 unspecified atom stereocenters. The van der Waals surface area contributed by atoms with Crippen LogP contribution in [0.25, 0.3) is 3.13 Å². The molecule has 0 nitrogen and oxygen atoms in total. The first kappa shape index (κ1) is 17.0. The van der Waals surface area contributed by atoms with E-state index in [4.69, 9.17) is 0 Å². The maximum absolute atomic E-state index is 2.56. The van der Waals surface area contributed by atoms with Gasteiger partial charge in [0.25, 0.3) is 0 Å². The van der Waals surface area contributed by atoms with Crippen molar-refractivity contribution in [2.75, 3.05) is 0 Å². The summed E-state index contributed by atoms with van der Waals surface area (Å²) in [5, 5.41) is 0. The summed E-state index contributed by atoms with van der Waals surface area (Å²) in [5.74, 6) is 0. The van der Waals surface area contributed by atoms with E-state index in [9.17, 15) is 0 Å². The van der Waals surface area contributed by atoms with Crippen LogP contribution in [0.5, 0.6) is 0 Å². The predicted octanol–water partition coefficient (Wildman–Crippen LogP) is 5.80. The molecule has 1 rings (SSSR count). The van der Waals surface area contributed by atoms with E-state index < -0.39 is 21.2 Å². The normalized spacial score (nSPS) is 13.2. The van der Waals surface area contributed by atoms with Crippen molar-refractivity contribution < 1.29 is 0 Å². The average molecular weight is 451 g/mol. The number of hydrogen-bond acceptors (Lipinski definition) is 0. The van der Waals surface area contributed by atoms with Crippen LogP contribution in [0.15, 0.2) is 35.8 Å². The van der Waals surface area contributed by atoms with Gasteiger partial charge in [0, 0.05) is 0 Å². The summed E-state index contributed by atoms with van der Waals surface area (Å²) in [4.78, 5) is 0. The Kier molecular flexibility index (Phi) is 6.85. The molecule has 0 aromatic heterocycles. The van der Waals surface area contributed by atoms with Crippen LogP contribution < -0.4 is 0 Å². The van der Waals surface area contributed by atoms with E-state index in [1.165, 1.54) is 24.6 Å². The van der Waals surface area contributed by atoms with Gasteiger partial charge in [-0.1, -0.05) is 0 Å². The Morgan fingerprint density at radius 1 is 0.947 bits per heavy atom. The molecule has 0 aliphatic carbocycles. The second-order valence-electron chi connectivity index (χ2n) is 6.38. The molecule has 0 radical (unpaired) electrons. The fraction of sp³-hybridized carbons (Fsp3) is 0.529. The Morgan fingerprint density at radius 2 is 1.47 bits per heavy atom. The Morgan fingerprint density at radius 3 is 1.84 bits per heavy atom. The summed E-state index contributed by atoms with van der Waals surface area (Å²) < 4.78 is 9.47. The number of hydrogen-bond donors (Lipinski definition) is 0. The fourth-order valence-corrected chi connectivity index (χ4v) is 12.4. The Bertz CT molecular complexity index is 411. The third-order valence-corrected chi connectivity index (χ3v) is 12.2. The third-order valence-electron chi connectivity index (χ3n) is 3.99.